The molecule has 1 aromatic carbocycles. The van der Waals surface area contributed by atoms with Gasteiger partial charge in [0, 0.05) is 5.56 Å². The molecule has 18 heavy (non-hydrogen) atoms. The Morgan fingerprint density at radius 1 is 1.28 bits per heavy atom. The van der Waals surface area contributed by atoms with Gasteiger partial charge in [-0.2, -0.15) is 5.26 Å². The molecule has 0 spiro atoms. The number of nitriles is 1. The third-order valence-corrected chi connectivity index (χ3v) is 3.93. The van der Waals surface area contributed by atoms with E-state index >= 15 is 0 Å². The molecular formula is C15H19NO2. The number of benzene rings is 1. The van der Waals surface area contributed by atoms with Crippen molar-refractivity contribution in [3.63, 3.8) is 0 Å². The van der Waals surface area contributed by atoms with Crippen molar-refractivity contribution < 1.29 is 9.84 Å². The first-order chi connectivity index (χ1) is 8.73. The fourth-order valence-corrected chi connectivity index (χ4v) is 2.82. The molecule has 96 valence electrons. The van der Waals surface area contributed by atoms with E-state index in [1.165, 1.54) is 0 Å². The van der Waals surface area contributed by atoms with Gasteiger partial charge in [0.05, 0.1) is 18.6 Å². The predicted molar refractivity (Wildman–Crippen MR) is 69.1 cm³/mol. The molecule has 1 N–H and O–H groups in total. The maximum atomic E-state index is 10.6. The van der Waals surface area contributed by atoms with Crippen molar-refractivity contribution in [2.75, 3.05) is 7.11 Å². The minimum absolute atomic E-state index is 0.646. The van der Waals surface area contributed by atoms with Gasteiger partial charge in [-0.3, -0.25) is 0 Å². The number of hydrogen-bond donors (Lipinski definition) is 1. The van der Waals surface area contributed by atoms with Crippen molar-refractivity contribution in [1.82, 2.24) is 0 Å². The highest BCUT2D eigenvalue weighted by Crippen LogP contribution is 2.47. The van der Waals surface area contributed by atoms with E-state index in [1.807, 2.05) is 24.3 Å². The lowest BCUT2D eigenvalue weighted by atomic mass is 9.69. The van der Waals surface area contributed by atoms with Crippen LogP contribution in [0.25, 0.3) is 0 Å². The molecule has 1 aliphatic rings. The molecule has 0 amide bonds. The van der Waals surface area contributed by atoms with Crippen LogP contribution in [0.4, 0.5) is 0 Å². The Morgan fingerprint density at radius 3 is 2.56 bits per heavy atom. The zero-order chi connectivity index (χ0) is 13.0. The quantitative estimate of drug-likeness (QED) is 0.889. The van der Waals surface area contributed by atoms with E-state index in [-0.39, 0.29) is 0 Å². The number of ether oxygens (including phenoxy) is 1. The highest BCUT2D eigenvalue weighted by molar-refractivity contribution is 5.37. The van der Waals surface area contributed by atoms with Gasteiger partial charge in [0.1, 0.15) is 11.9 Å². The summed E-state index contributed by atoms with van der Waals surface area (Å²) in [6.07, 6.45) is 3.95. The molecule has 0 saturated heterocycles. The molecule has 0 aromatic heterocycles. The lowest BCUT2D eigenvalue weighted by molar-refractivity contribution is 0.0342. The Morgan fingerprint density at radius 2 is 1.94 bits per heavy atom. The number of nitrogens with zero attached hydrogens (tertiary/aromatic N) is 1. The van der Waals surface area contributed by atoms with Gasteiger partial charge in [-0.15, -0.1) is 0 Å². The van der Waals surface area contributed by atoms with E-state index in [0.29, 0.717) is 5.75 Å². The van der Waals surface area contributed by atoms with Crippen LogP contribution in [0.2, 0.25) is 0 Å². The molecule has 1 fully saturated rings. The van der Waals surface area contributed by atoms with Gasteiger partial charge in [0.15, 0.2) is 0 Å². The topological polar surface area (TPSA) is 53.2 Å². The largest absolute Gasteiger partial charge is 0.496 e. The molecule has 1 unspecified atom stereocenters. The summed E-state index contributed by atoms with van der Waals surface area (Å²) in [5.41, 5.74) is 0.0795. The molecule has 0 radical (unpaired) electrons. The van der Waals surface area contributed by atoms with Crippen LogP contribution in [0.3, 0.4) is 0 Å². The minimum Gasteiger partial charge on any atom is -0.496 e. The van der Waals surface area contributed by atoms with Crippen LogP contribution in [0.15, 0.2) is 24.3 Å². The molecule has 3 heteroatoms. The number of aliphatic hydroxyl groups excluding tert-OH is 1. The standard InChI is InChI=1S/C15H19NO2/c1-18-13-8-4-3-7-12(13)14(17)15(11-16)9-5-2-6-10-15/h3-4,7-8,14,17H,2,5-6,9-10H2,1H3. The van der Waals surface area contributed by atoms with Crippen molar-refractivity contribution >= 4 is 0 Å². The Labute approximate surface area is 108 Å². The molecule has 1 aromatic rings. The van der Waals surface area contributed by atoms with Gasteiger partial charge in [-0.25, -0.2) is 0 Å². The number of hydrogen-bond acceptors (Lipinski definition) is 3. The van der Waals surface area contributed by atoms with E-state index in [9.17, 15) is 10.4 Å². The van der Waals surface area contributed by atoms with Gasteiger partial charge in [0.2, 0.25) is 0 Å². The second-order valence-corrected chi connectivity index (χ2v) is 4.97. The monoisotopic (exact) mass is 245 g/mol. The van der Waals surface area contributed by atoms with Crippen molar-refractivity contribution in [3.05, 3.63) is 29.8 Å². The minimum atomic E-state index is -0.765. The van der Waals surface area contributed by atoms with E-state index in [1.54, 1.807) is 7.11 Å². The van der Waals surface area contributed by atoms with Crippen LogP contribution in [0, 0.1) is 16.7 Å². The van der Waals surface area contributed by atoms with Crippen LogP contribution < -0.4 is 4.74 Å². The summed E-state index contributed by atoms with van der Waals surface area (Å²) in [7, 11) is 1.59. The Bertz CT molecular complexity index is 444. The molecule has 1 saturated carbocycles. The molecule has 2 rings (SSSR count). The van der Waals surface area contributed by atoms with Crippen LogP contribution in [0.1, 0.15) is 43.8 Å². The first kappa shape index (κ1) is 12.9. The summed E-state index contributed by atoms with van der Waals surface area (Å²) in [6.45, 7) is 0. The number of rotatable bonds is 3. The average molecular weight is 245 g/mol. The second kappa shape index (κ2) is 5.41. The Hall–Kier alpha value is -1.53. The van der Waals surface area contributed by atoms with Crippen LogP contribution >= 0.6 is 0 Å². The van der Waals surface area contributed by atoms with E-state index in [4.69, 9.17) is 4.74 Å². The zero-order valence-electron chi connectivity index (χ0n) is 10.7. The Kier molecular flexibility index (Phi) is 3.88. The maximum absolute atomic E-state index is 10.6. The summed E-state index contributed by atoms with van der Waals surface area (Å²) in [5.74, 6) is 0.658. The molecule has 0 heterocycles. The van der Waals surface area contributed by atoms with Gasteiger partial charge >= 0.3 is 0 Å². The van der Waals surface area contributed by atoms with Crippen LogP contribution in [-0.2, 0) is 0 Å². The second-order valence-electron chi connectivity index (χ2n) is 4.97. The lowest BCUT2D eigenvalue weighted by Crippen LogP contribution is -2.30. The van der Waals surface area contributed by atoms with Crippen molar-refractivity contribution in [1.29, 1.82) is 5.26 Å². The predicted octanol–water partition coefficient (Wildman–Crippen LogP) is 3.20. The zero-order valence-corrected chi connectivity index (χ0v) is 10.7. The molecular weight excluding hydrogens is 226 g/mol. The first-order valence-electron chi connectivity index (χ1n) is 6.46. The van der Waals surface area contributed by atoms with Crippen LogP contribution in [0.5, 0.6) is 5.75 Å². The molecule has 0 aliphatic heterocycles. The SMILES string of the molecule is COc1ccccc1C(O)C1(C#N)CCCCC1. The third-order valence-electron chi connectivity index (χ3n) is 3.93. The van der Waals surface area contributed by atoms with E-state index in [0.717, 1.165) is 37.7 Å². The summed E-state index contributed by atoms with van der Waals surface area (Å²) < 4.78 is 5.28. The first-order valence-corrected chi connectivity index (χ1v) is 6.46. The molecule has 1 atom stereocenters. The fourth-order valence-electron chi connectivity index (χ4n) is 2.82. The summed E-state index contributed by atoms with van der Waals surface area (Å²) >= 11 is 0. The molecule has 3 nitrogen and oxygen atoms in total. The van der Waals surface area contributed by atoms with Crippen LogP contribution in [-0.4, -0.2) is 12.2 Å². The van der Waals surface area contributed by atoms with Gasteiger partial charge in [-0.1, -0.05) is 37.5 Å². The maximum Gasteiger partial charge on any atom is 0.124 e. The van der Waals surface area contributed by atoms with Crippen molar-refractivity contribution in [3.8, 4) is 11.8 Å². The highest BCUT2D eigenvalue weighted by atomic mass is 16.5. The smallest absolute Gasteiger partial charge is 0.124 e. The van der Waals surface area contributed by atoms with Gasteiger partial charge in [-0.05, 0) is 18.9 Å². The molecule has 0 bridgehead atoms. The van der Waals surface area contributed by atoms with E-state index in [2.05, 4.69) is 6.07 Å². The summed E-state index contributed by atoms with van der Waals surface area (Å²) in [5, 5.41) is 20.1. The van der Waals surface area contributed by atoms with E-state index < -0.39 is 11.5 Å². The van der Waals surface area contributed by atoms with Gasteiger partial charge < -0.3 is 9.84 Å². The number of para-hydroxylation sites is 1. The normalized spacial score (nSPS) is 19.8. The fraction of sp³-hybridized carbons (Fsp3) is 0.533. The third kappa shape index (κ3) is 2.21. The number of methoxy groups -OCH3 is 1. The summed E-state index contributed by atoms with van der Waals surface area (Å²) in [4.78, 5) is 0. The average Bonchev–Trinajstić information content (AvgIpc) is 2.47. The highest BCUT2D eigenvalue weighted by Gasteiger charge is 2.41. The van der Waals surface area contributed by atoms with Crippen molar-refractivity contribution in [2.45, 2.75) is 38.2 Å². The molecule has 1 aliphatic carbocycles. The summed E-state index contributed by atoms with van der Waals surface area (Å²) in [6, 6.07) is 9.77. The number of aliphatic hydroxyl groups is 1. The van der Waals surface area contributed by atoms with Gasteiger partial charge in [0.25, 0.3) is 0 Å². The Balaban J connectivity index is 2.34. The van der Waals surface area contributed by atoms with Crippen molar-refractivity contribution in [2.24, 2.45) is 5.41 Å². The lowest BCUT2D eigenvalue weighted by Gasteiger charge is -2.35.